The van der Waals surface area contributed by atoms with Crippen LogP contribution in [0.5, 0.6) is 0 Å². The predicted octanol–water partition coefficient (Wildman–Crippen LogP) is -0.719. The lowest BCUT2D eigenvalue weighted by molar-refractivity contribution is -0.142. The van der Waals surface area contributed by atoms with Crippen molar-refractivity contribution in [3.05, 3.63) is 0 Å². The molecule has 0 spiro atoms. The summed E-state index contributed by atoms with van der Waals surface area (Å²) in [5.41, 5.74) is 0. The van der Waals surface area contributed by atoms with Crippen molar-refractivity contribution in [2.75, 3.05) is 20.1 Å². The number of carbonyl (C=O) groups is 2. The SMILES string of the molecule is CNC(=O)CN1CCCC1C(=O)O. The Kier molecular flexibility index (Phi) is 3.25. The van der Waals surface area contributed by atoms with Crippen LogP contribution in [0.3, 0.4) is 0 Å². The summed E-state index contributed by atoms with van der Waals surface area (Å²) in [5, 5.41) is 11.3. The van der Waals surface area contributed by atoms with Crippen LogP contribution in [0.15, 0.2) is 0 Å². The number of hydrogen-bond donors (Lipinski definition) is 2. The summed E-state index contributed by atoms with van der Waals surface area (Å²) in [6.45, 7) is 0.887. The van der Waals surface area contributed by atoms with Gasteiger partial charge in [-0.25, -0.2) is 0 Å². The summed E-state index contributed by atoms with van der Waals surface area (Å²) in [4.78, 5) is 23.4. The van der Waals surface area contributed by atoms with Crippen molar-refractivity contribution in [3.63, 3.8) is 0 Å². The van der Waals surface area contributed by atoms with Crippen LogP contribution in [0, 0.1) is 0 Å². The fourth-order valence-corrected chi connectivity index (χ4v) is 1.56. The number of hydrogen-bond acceptors (Lipinski definition) is 3. The molecule has 0 radical (unpaired) electrons. The molecule has 1 aliphatic heterocycles. The van der Waals surface area contributed by atoms with Crippen LogP contribution in [-0.2, 0) is 9.59 Å². The van der Waals surface area contributed by atoms with Crippen molar-refractivity contribution in [1.82, 2.24) is 10.2 Å². The first-order valence-electron chi connectivity index (χ1n) is 4.32. The molecule has 74 valence electrons. The Bertz CT molecular complexity index is 217. The Balaban J connectivity index is 2.48. The summed E-state index contributed by atoms with van der Waals surface area (Å²) in [7, 11) is 1.55. The van der Waals surface area contributed by atoms with E-state index in [2.05, 4.69) is 5.32 Å². The monoisotopic (exact) mass is 186 g/mol. The van der Waals surface area contributed by atoms with Crippen molar-refractivity contribution in [2.45, 2.75) is 18.9 Å². The number of nitrogens with one attached hydrogen (secondary N) is 1. The van der Waals surface area contributed by atoms with E-state index < -0.39 is 12.0 Å². The van der Waals surface area contributed by atoms with Crippen LogP contribution in [0.1, 0.15) is 12.8 Å². The van der Waals surface area contributed by atoms with E-state index in [9.17, 15) is 9.59 Å². The molecule has 1 fully saturated rings. The standard InChI is InChI=1S/C8H14N2O3/c1-9-7(11)5-10-4-2-3-6(10)8(12)13/h6H,2-5H2,1H3,(H,9,11)(H,12,13). The molecule has 0 aromatic rings. The van der Waals surface area contributed by atoms with E-state index in [0.717, 1.165) is 6.42 Å². The summed E-state index contributed by atoms with van der Waals surface area (Å²) in [5.74, 6) is -0.963. The molecule has 0 aromatic heterocycles. The number of nitrogens with zero attached hydrogens (tertiary/aromatic N) is 1. The third-order valence-electron chi connectivity index (χ3n) is 2.27. The molecule has 1 aliphatic rings. The van der Waals surface area contributed by atoms with Crippen LogP contribution in [0.2, 0.25) is 0 Å². The second-order valence-corrected chi connectivity index (χ2v) is 3.14. The molecule has 1 unspecified atom stereocenters. The number of likely N-dealkylation sites (N-methyl/N-ethyl adjacent to an activating group) is 1. The van der Waals surface area contributed by atoms with Crippen molar-refractivity contribution < 1.29 is 14.7 Å². The molecule has 13 heavy (non-hydrogen) atoms. The van der Waals surface area contributed by atoms with Gasteiger partial charge in [0, 0.05) is 7.05 Å². The summed E-state index contributed by atoms with van der Waals surface area (Å²) in [6, 6.07) is -0.475. The van der Waals surface area contributed by atoms with Crippen molar-refractivity contribution in [2.24, 2.45) is 0 Å². The molecule has 0 aliphatic carbocycles. The van der Waals surface area contributed by atoms with Gasteiger partial charge in [-0.15, -0.1) is 0 Å². The molecule has 5 heteroatoms. The first kappa shape index (κ1) is 9.98. The Morgan fingerprint density at radius 3 is 2.85 bits per heavy atom. The lowest BCUT2D eigenvalue weighted by Crippen LogP contribution is -2.42. The average Bonchev–Trinajstić information content (AvgIpc) is 2.52. The van der Waals surface area contributed by atoms with E-state index in [1.165, 1.54) is 0 Å². The molecule has 2 N–H and O–H groups in total. The highest BCUT2D eigenvalue weighted by atomic mass is 16.4. The van der Waals surface area contributed by atoms with Gasteiger partial charge in [-0.2, -0.15) is 0 Å². The molecule has 0 aromatic carbocycles. The topological polar surface area (TPSA) is 69.6 Å². The van der Waals surface area contributed by atoms with Crippen molar-refractivity contribution >= 4 is 11.9 Å². The number of aliphatic carboxylic acids is 1. The predicted molar refractivity (Wildman–Crippen MR) is 46.3 cm³/mol. The van der Waals surface area contributed by atoms with Crippen LogP contribution in [-0.4, -0.2) is 48.1 Å². The first-order valence-corrected chi connectivity index (χ1v) is 4.32. The van der Waals surface area contributed by atoms with Gasteiger partial charge in [0.1, 0.15) is 6.04 Å². The molecule has 0 saturated carbocycles. The first-order chi connectivity index (χ1) is 6.15. The summed E-state index contributed by atoms with van der Waals surface area (Å²) >= 11 is 0. The van der Waals surface area contributed by atoms with E-state index >= 15 is 0 Å². The number of amides is 1. The Labute approximate surface area is 76.7 Å². The van der Waals surface area contributed by atoms with Gasteiger partial charge in [0.15, 0.2) is 0 Å². The van der Waals surface area contributed by atoms with Gasteiger partial charge in [-0.1, -0.05) is 0 Å². The van der Waals surface area contributed by atoms with Gasteiger partial charge < -0.3 is 10.4 Å². The van der Waals surface area contributed by atoms with Gasteiger partial charge in [0.05, 0.1) is 6.54 Å². The number of likely N-dealkylation sites (tertiary alicyclic amines) is 1. The average molecular weight is 186 g/mol. The third-order valence-corrected chi connectivity index (χ3v) is 2.27. The molecule has 1 amide bonds. The van der Waals surface area contributed by atoms with Crippen molar-refractivity contribution in [1.29, 1.82) is 0 Å². The van der Waals surface area contributed by atoms with Gasteiger partial charge in [0.2, 0.25) is 5.91 Å². The minimum absolute atomic E-state index is 0.131. The van der Waals surface area contributed by atoms with Crippen LogP contribution < -0.4 is 5.32 Å². The molecule has 1 atom stereocenters. The number of carbonyl (C=O) groups excluding carboxylic acids is 1. The zero-order valence-corrected chi connectivity index (χ0v) is 7.62. The van der Waals surface area contributed by atoms with E-state index in [1.807, 2.05) is 0 Å². The van der Waals surface area contributed by atoms with E-state index in [0.29, 0.717) is 13.0 Å². The van der Waals surface area contributed by atoms with Gasteiger partial charge in [-0.05, 0) is 19.4 Å². The third kappa shape index (κ3) is 2.42. The zero-order valence-electron chi connectivity index (χ0n) is 7.62. The summed E-state index contributed by atoms with van der Waals surface area (Å²) < 4.78 is 0. The molecule has 0 bridgehead atoms. The van der Waals surface area contributed by atoms with Crippen LogP contribution in [0.4, 0.5) is 0 Å². The van der Waals surface area contributed by atoms with E-state index in [-0.39, 0.29) is 12.5 Å². The minimum atomic E-state index is -0.832. The molecule has 1 rings (SSSR count). The Hall–Kier alpha value is -1.10. The second-order valence-electron chi connectivity index (χ2n) is 3.14. The smallest absolute Gasteiger partial charge is 0.320 e. The largest absolute Gasteiger partial charge is 0.480 e. The van der Waals surface area contributed by atoms with E-state index in [4.69, 9.17) is 5.11 Å². The fraction of sp³-hybridized carbons (Fsp3) is 0.750. The van der Waals surface area contributed by atoms with Crippen LogP contribution >= 0.6 is 0 Å². The molecule has 5 nitrogen and oxygen atoms in total. The highest BCUT2D eigenvalue weighted by Gasteiger charge is 2.31. The Morgan fingerprint density at radius 2 is 2.31 bits per heavy atom. The zero-order chi connectivity index (χ0) is 9.84. The van der Waals surface area contributed by atoms with Gasteiger partial charge in [0.25, 0.3) is 0 Å². The lowest BCUT2D eigenvalue weighted by Gasteiger charge is -2.19. The second kappa shape index (κ2) is 4.23. The molecular weight excluding hydrogens is 172 g/mol. The number of rotatable bonds is 3. The molecular formula is C8H14N2O3. The molecule has 1 saturated heterocycles. The quantitative estimate of drug-likeness (QED) is 0.610. The highest BCUT2D eigenvalue weighted by molar-refractivity contribution is 5.79. The Morgan fingerprint density at radius 1 is 1.62 bits per heavy atom. The van der Waals surface area contributed by atoms with Gasteiger partial charge >= 0.3 is 5.97 Å². The number of carboxylic acid groups (broad SMARTS) is 1. The van der Waals surface area contributed by atoms with E-state index in [1.54, 1.807) is 11.9 Å². The van der Waals surface area contributed by atoms with Crippen molar-refractivity contribution in [3.8, 4) is 0 Å². The summed E-state index contributed by atoms with van der Waals surface area (Å²) in [6.07, 6.45) is 1.50. The maximum atomic E-state index is 11.0. The van der Waals surface area contributed by atoms with Gasteiger partial charge in [-0.3, -0.25) is 14.5 Å². The highest BCUT2D eigenvalue weighted by Crippen LogP contribution is 2.16. The molecule has 1 heterocycles. The fourth-order valence-electron chi connectivity index (χ4n) is 1.56. The van der Waals surface area contributed by atoms with Crippen LogP contribution in [0.25, 0.3) is 0 Å². The number of carboxylic acids is 1. The minimum Gasteiger partial charge on any atom is -0.480 e. The maximum Gasteiger partial charge on any atom is 0.320 e. The normalized spacial score (nSPS) is 23.0. The lowest BCUT2D eigenvalue weighted by atomic mass is 10.2. The maximum absolute atomic E-state index is 11.0.